The molecule has 0 spiro atoms. The third-order valence-electron chi connectivity index (χ3n) is 2.60. The number of hydrogen-bond acceptors (Lipinski definition) is 4. The highest BCUT2D eigenvalue weighted by molar-refractivity contribution is 5.59. The third-order valence-corrected chi connectivity index (χ3v) is 2.60. The maximum absolute atomic E-state index is 5.53. The predicted octanol–water partition coefficient (Wildman–Crippen LogP) is 2.53. The smallest absolute Gasteiger partial charge is 0.151 e. The first-order valence-corrected chi connectivity index (χ1v) is 5.62. The molecule has 0 fully saturated rings. The largest absolute Gasteiger partial charge is 0.382 e. The van der Waals surface area contributed by atoms with Gasteiger partial charge in [0.1, 0.15) is 5.82 Å². The topological polar surface area (TPSA) is 55.0 Å². The van der Waals surface area contributed by atoms with Gasteiger partial charge in [0.15, 0.2) is 5.82 Å². The molecule has 88 valence electrons. The standard InChI is InChI=1S/C13H16N4/c1-3-17(11-6-4-10(2)5-7-11)13-9-15-12(14)8-16-13/h4-9H,3H2,1-2H3,(H2,14,15). The average Bonchev–Trinajstić information content (AvgIpc) is 2.35. The van der Waals surface area contributed by atoms with E-state index >= 15 is 0 Å². The van der Waals surface area contributed by atoms with Crippen molar-refractivity contribution in [1.82, 2.24) is 9.97 Å². The number of nitrogen functional groups attached to an aromatic ring is 1. The van der Waals surface area contributed by atoms with Crippen LogP contribution in [-0.2, 0) is 0 Å². The van der Waals surface area contributed by atoms with Crippen LogP contribution in [0.2, 0.25) is 0 Å². The summed E-state index contributed by atoms with van der Waals surface area (Å²) < 4.78 is 0. The van der Waals surface area contributed by atoms with Crippen molar-refractivity contribution >= 4 is 17.3 Å². The summed E-state index contributed by atoms with van der Waals surface area (Å²) in [6.45, 7) is 4.99. The van der Waals surface area contributed by atoms with Crippen molar-refractivity contribution < 1.29 is 0 Å². The zero-order valence-electron chi connectivity index (χ0n) is 10.1. The molecule has 0 aliphatic heterocycles. The second-order valence-corrected chi connectivity index (χ2v) is 3.88. The van der Waals surface area contributed by atoms with Crippen LogP contribution in [0.25, 0.3) is 0 Å². The van der Waals surface area contributed by atoms with Gasteiger partial charge >= 0.3 is 0 Å². The number of nitrogens with two attached hydrogens (primary N) is 1. The Bertz CT molecular complexity index is 430. The zero-order chi connectivity index (χ0) is 12.3. The van der Waals surface area contributed by atoms with Crippen molar-refractivity contribution in [1.29, 1.82) is 0 Å². The molecule has 17 heavy (non-hydrogen) atoms. The van der Waals surface area contributed by atoms with E-state index in [1.807, 2.05) is 0 Å². The Morgan fingerprint density at radius 1 is 1.12 bits per heavy atom. The second-order valence-electron chi connectivity index (χ2n) is 3.88. The van der Waals surface area contributed by atoms with Crippen LogP contribution in [0.3, 0.4) is 0 Å². The first-order valence-electron chi connectivity index (χ1n) is 5.62. The fourth-order valence-corrected chi connectivity index (χ4v) is 1.67. The molecule has 2 N–H and O–H groups in total. The summed E-state index contributed by atoms with van der Waals surface area (Å²) in [5.74, 6) is 1.25. The van der Waals surface area contributed by atoms with Crippen molar-refractivity contribution in [3.05, 3.63) is 42.2 Å². The molecule has 2 aromatic rings. The van der Waals surface area contributed by atoms with E-state index in [9.17, 15) is 0 Å². The summed E-state index contributed by atoms with van der Waals surface area (Å²) in [5, 5.41) is 0. The van der Waals surface area contributed by atoms with Crippen LogP contribution in [0.15, 0.2) is 36.7 Å². The van der Waals surface area contributed by atoms with Crippen LogP contribution in [-0.4, -0.2) is 16.5 Å². The Kier molecular flexibility index (Phi) is 3.23. The first kappa shape index (κ1) is 11.4. The van der Waals surface area contributed by atoms with Crippen LogP contribution in [0.4, 0.5) is 17.3 Å². The molecular weight excluding hydrogens is 212 g/mol. The summed E-state index contributed by atoms with van der Waals surface area (Å²) in [5.41, 5.74) is 7.89. The number of rotatable bonds is 3. The van der Waals surface area contributed by atoms with Gasteiger partial charge in [-0.3, -0.25) is 0 Å². The highest BCUT2D eigenvalue weighted by Gasteiger charge is 2.08. The molecule has 0 amide bonds. The normalized spacial score (nSPS) is 10.2. The molecule has 2 rings (SSSR count). The van der Waals surface area contributed by atoms with Gasteiger partial charge in [0, 0.05) is 12.2 Å². The van der Waals surface area contributed by atoms with E-state index in [-0.39, 0.29) is 0 Å². The van der Waals surface area contributed by atoms with E-state index in [0.29, 0.717) is 5.82 Å². The molecule has 0 radical (unpaired) electrons. The number of hydrogen-bond donors (Lipinski definition) is 1. The van der Waals surface area contributed by atoms with E-state index in [1.165, 1.54) is 5.56 Å². The molecule has 0 aliphatic rings. The molecule has 4 nitrogen and oxygen atoms in total. The molecule has 0 saturated heterocycles. The Morgan fingerprint density at radius 2 is 1.82 bits per heavy atom. The van der Waals surface area contributed by atoms with E-state index in [1.54, 1.807) is 12.4 Å². The Labute approximate surface area is 101 Å². The molecule has 0 aliphatic carbocycles. The second kappa shape index (κ2) is 4.82. The minimum Gasteiger partial charge on any atom is -0.382 e. The van der Waals surface area contributed by atoms with Gasteiger partial charge in [-0.2, -0.15) is 0 Å². The number of aromatic nitrogens is 2. The van der Waals surface area contributed by atoms with Crippen molar-refractivity contribution in [2.45, 2.75) is 13.8 Å². The van der Waals surface area contributed by atoms with Gasteiger partial charge in [0.05, 0.1) is 12.4 Å². The van der Waals surface area contributed by atoms with E-state index in [2.05, 4.69) is 53.0 Å². The lowest BCUT2D eigenvalue weighted by molar-refractivity contribution is 0.977. The fraction of sp³-hybridized carbons (Fsp3) is 0.231. The molecule has 0 unspecified atom stereocenters. The quantitative estimate of drug-likeness (QED) is 0.877. The monoisotopic (exact) mass is 228 g/mol. The van der Waals surface area contributed by atoms with Crippen LogP contribution < -0.4 is 10.6 Å². The van der Waals surface area contributed by atoms with Crippen molar-refractivity contribution in [2.75, 3.05) is 17.2 Å². The number of nitrogens with zero attached hydrogens (tertiary/aromatic N) is 3. The fourth-order valence-electron chi connectivity index (χ4n) is 1.67. The average molecular weight is 228 g/mol. The van der Waals surface area contributed by atoms with Crippen molar-refractivity contribution in [2.24, 2.45) is 0 Å². The van der Waals surface area contributed by atoms with E-state index < -0.39 is 0 Å². The van der Waals surface area contributed by atoms with Gasteiger partial charge in [0.25, 0.3) is 0 Å². The summed E-state index contributed by atoms with van der Waals surface area (Å²) in [7, 11) is 0. The summed E-state index contributed by atoms with van der Waals surface area (Å²) >= 11 is 0. The molecule has 0 bridgehead atoms. The highest BCUT2D eigenvalue weighted by atomic mass is 15.2. The van der Waals surface area contributed by atoms with Gasteiger partial charge < -0.3 is 10.6 Å². The van der Waals surface area contributed by atoms with E-state index in [4.69, 9.17) is 5.73 Å². The van der Waals surface area contributed by atoms with Crippen LogP contribution >= 0.6 is 0 Å². The maximum Gasteiger partial charge on any atom is 0.151 e. The first-order chi connectivity index (χ1) is 8.20. The van der Waals surface area contributed by atoms with Gasteiger partial charge in [-0.1, -0.05) is 17.7 Å². The Hall–Kier alpha value is -2.10. The molecular formula is C13H16N4. The predicted molar refractivity (Wildman–Crippen MR) is 70.3 cm³/mol. The van der Waals surface area contributed by atoms with Gasteiger partial charge in [0.2, 0.25) is 0 Å². The highest BCUT2D eigenvalue weighted by Crippen LogP contribution is 2.22. The summed E-state index contributed by atoms with van der Waals surface area (Å²) in [6.07, 6.45) is 3.27. The lowest BCUT2D eigenvalue weighted by Gasteiger charge is -2.21. The lowest BCUT2D eigenvalue weighted by Crippen LogP contribution is -2.17. The number of anilines is 3. The molecule has 1 heterocycles. The molecule has 0 atom stereocenters. The maximum atomic E-state index is 5.53. The number of benzene rings is 1. The van der Waals surface area contributed by atoms with Gasteiger partial charge in [-0.15, -0.1) is 0 Å². The molecule has 0 saturated carbocycles. The summed E-state index contributed by atoms with van der Waals surface area (Å²) in [6, 6.07) is 8.33. The Morgan fingerprint density at radius 3 is 2.35 bits per heavy atom. The minimum absolute atomic E-state index is 0.439. The van der Waals surface area contributed by atoms with Gasteiger partial charge in [-0.25, -0.2) is 9.97 Å². The Balaban J connectivity index is 2.33. The molecule has 4 heteroatoms. The zero-order valence-corrected chi connectivity index (χ0v) is 10.1. The third kappa shape index (κ3) is 2.53. The molecule has 1 aromatic heterocycles. The van der Waals surface area contributed by atoms with Crippen LogP contribution in [0.1, 0.15) is 12.5 Å². The lowest BCUT2D eigenvalue weighted by atomic mass is 10.2. The SMILES string of the molecule is CCN(c1ccc(C)cc1)c1cnc(N)cn1. The molecule has 1 aromatic carbocycles. The summed E-state index contributed by atoms with van der Waals surface area (Å²) in [4.78, 5) is 10.4. The van der Waals surface area contributed by atoms with Crippen LogP contribution in [0.5, 0.6) is 0 Å². The van der Waals surface area contributed by atoms with E-state index in [0.717, 1.165) is 18.1 Å². The number of aryl methyl sites for hydroxylation is 1. The van der Waals surface area contributed by atoms with Crippen molar-refractivity contribution in [3.63, 3.8) is 0 Å². The van der Waals surface area contributed by atoms with Crippen molar-refractivity contribution in [3.8, 4) is 0 Å². The van der Waals surface area contributed by atoms with Gasteiger partial charge in [-0.05, 0) is 26.0 Å². The van der Waals surface area contributed by atoms with Crippen LogP contribution in [0, 0.1) is 6.92 Å². The minimum atomic E-state index is 0.439.